The Morgan fingerprint density at radius 2 is 1.80 bits per heavy atom. The molecule has 2 aromatic rings. The fraction of sp³-hybridized carbons (Fsp3) is 0.200. The first-order valence-electron chi connectivity index (χ1n) is 6.19. The number of carboxylic acids is 1. The first-order chi connectivity index (χ1) is 9.40. The third kappa shape index (κ3) is 2.88. The molecule has 0 atom stereocenters. The number of nitrogens with one attached hydrogen (secondary N) is 1. The second-order valence-corrected chi connectivity index (χ2v) is 5.02. The van der Waals surface area contributed by atoms with Gasteiger partial charge in [-0.25, -0.2) is 4.79 Å². The van der Waals surface area contributed by atoms with E-state index in [1.807, 2.05) is 35.2 Å². The summed E-state index contributed by atoms with van der Waals surface area (Å²) in [7, 11) is 0. The van der Waals surface area contributed by atoms with E-state index in [4.69, 9.17) is 5.11 Å². The van der Waals surface area contributed by atoms with E-state index < -0.39 is 17.4 Å². The fourth-order valence-electron chi connectivity index (χ4n) is 1.72. The van der Waals surface area contributed by atoms with Gasteiger partial charge in [0.25, 0.3) is 5.91 Å². The van der Waals surface area contributed by atoms with Gasteiger partial charge in [0.2, 0.25) is 0 Å². The van der Waals surface area contributed by atoms with Gasteiger partial charge in [-0.1, -0.05) is 6.07 Å². The summed E-state index contributed by atoms with van der Waals surface area (Å²) in [4.78, 5) is 23.1. The van der Waals surface area contributed by atoms with Crippen LogP contribution < -0.4 is 5.32 Å². The highest BCUT2D eigenvalue weighted by atomic mass is 16.4. The smallest absolute Gasteiger partial charge is 0.328 e. The number of hydrogen-bond acceptors (Lipinski definition) is 2. The molecule has 1 aromatic carbocycles. The van der Waals surface area contributed by atoms with Crippen LogP contribution in [0.2, 0.25) is 0 Å². The number of carboxylic acid groups (broad SMARTS) is 1. The van der Waals surface area contributed by atoms with Crippen LogP contribution in [0.15, 0.2) is 48.8 Å². The third-order valence-electron chi connectivity index (χ3n) is 2.97. The predicted molar refractivity (Wildman–Crippen MR) is 75.0 cm³/mol. The van der Waals surface area contributed by atoms with Crippen molar-refractivity contribution < 1.29 is 14.7 Å². The molecule has 0 unspecified atom stereocenters. The second-order valence-electron chi connectivity index (χ2n) is 5.02. The van der Waals surface area contributed by atoms with Crippen molar-refractivity contribution in [3.63, 3.8) is 0 Å². The van der Waals surface area contributed by atoms with Gasteiger partial charge < -0.3 is 15.0 Å². The van der Waals surface area contributed by atoms with E-state index in [2.05, 4.69) is 5.32 Å². The van der Waals surface area contributed by atoms with Gasteiger partial charge in [-0.2, -0.15) is 0 Å². The molecule has 0 fully saturated rings. The molecule has 0 aliphatic heterocycles. The maximum Gasteiger partial charge on any atom is 0.328 e. The Hall–Kier alpha value is -2.56. The Kier molecular flexibility index (Phi) is 3.61. The zero-order valence-electron chi connectivity index (χ0n) is 11.3. The zero-order chi connectivity index (χ0) is 14.8. The Balaban J connectivity index is 2.24. The molecule has 104 valence electrons. The number of carbonyl (C=O) groups excluding carboxylic acids is 1. The average molecular weight is 272 g/mol. The SMILES string of the molecule is CC(C)(NC(=O)c1cccc(-n2cccc2)c1)C(=O)O. The molecular formula is C15H16N2O3. The molecule has 2 N–H and O–H groups in total. The molecule has 1 amide bonds. The molecule has 0 saturated heterocycles. The summed E-state index contributed by atoms with van der Waals surface area (Å²) in [5, 5.41) is 11.5. The lowest BCUT2D eigenvalue weighted by Gasteiger charge is -2.21. The lowest BCUT2D eigenvalue weighted by Crippen LogP contribution is -2.49. The van der Waals surface area contributed by atoms with Gasteiger partial charge >= 0.3 is 5.97 Å². The third-order valence-corrected chi connectivity index (χ3v) is 2.97. The van der Waals surface area contributed by atoms with Crippen LogP contribution in [-0.2, 0) is 4.79 Å². The van der Waals surface area contributed by atoms with Crippen LogP contribution >= 0.6 is 0 Å². The summed E-state index contributed by atoms with van der Waals surface area (Å²) in [5.41, 5.74) is -0.0399. The minimum Gasteiger partial charge on any atom is -0.480 e. The maximum absolute atomic E-state index is 12.1. The molecule has 0 aliphatic rings. The highest BCUT2D eigenvalue weighted by Gasteiger charge is 2.29. The minimum absolute atomic E-state index is 0.411. The van der Waals surface area contributed by atoms with Crippen molar-refractivity contribution in [3.8, 4) is 5.69 Å². The van der Waals surface area contributed by atoms with E-state index in [9.17, 15) is 9.59 Å². The lowest BCUT2D eigenvalue weighted by molar-refractivity contribution is -0.143. The molecule has 1 heterocycles. The molecule has 2 rings (SSSR count). The van der Waals surface area contributed by atoms with Gasteiger partial charge in [0.1, 0.15) is 5.54 Å². The fourth-order valence-corrected chi connectivity index (χ4v) is 1.72. The van der Waals surface area contributed by atoms with E-state index >= 15 is 0 Å². The van der Waals surface area contributed by atoms with Crippen LogP contribution in [0.5, 0.6) is 0 Å². The maximum atomic E-state index is 12.1. The van der Waals surface area contributed by atoms with Crippen molar-refractivity contribution in [1.82, 2.24) is 9.88 Å². The number of aromatic nitrogens is 1. The highest BCUT2D eigenvalue weighted by Crippen LogP contribution is 2.12. The standard InChI is InChI=1S/C15H16N2O3/c1-15(2,14(19)20)16-13(18)11-6-5-7-12(10-11)17-8-3-4-9-17/h3-10H,1-2H3,(H,16,18)(H,19,20). The first kappa shape index (κ1) is 13.9. The van der Waals surface area contributed by atoms with Gasteiger partial charge in [0, 0.05) is 23.6 Å². The van der Waals surface area contributed by atoms with Crippen LogP contribution in [0, 0.1) is 0 Å². The number of nitrogens with zero attached hydrogens (tertiary/aromatic N) is 1. The van der Waals surface area contributed by atoms with Crippen molar-refractivity contribution in [2.75, 3.05) is 0 Å². The minimum atomic E-state index is -1.31. The van der Waals surface area contributed by atoms with Crippen molar-refractivity contribution >= 4 is 11.9 Å². The Labute approximate surface area is 116 Å². The van der Waals surface area contributed by atoms with Crippen LogP contribution in [0.3, 0.4) is 0 Å². The molecule has 0 radical (unpaired) electrons. The summed E-state index contributed by atoms with van der Waals surface area (Å²) < 4.78 is 1.87. The summed E-state index contributed by atoms with van der Waals surface area (Å²) in [6.07, 6.45) is 3.75. The molecule has 5 heteroatoms. The van der Waals surface area contributed by atoms with Gasteiger partial charge in [-0.15, -0.1) is 0 Å². The van der Waals surface area contributed by atoms with Gasteiger partial charge in [-0.3, -0.25) is 4.79 Å². The van der Waals surface area contributed by atoms with E-state index in [0.29, 0.717) is 5.56 Å². The predicted octanol–water partition coefficient (Wildman–Crippen LogP) is 2.07. The van der Waals surface area contributed by atoms with Crippen molar-refractivity contribution in [3.05, 3.63) is 54.4 Å². The van der Waals surface area contributed by atoms with E-state index in [1.165, 1.54) is 13.8 Å². The van der Waals surface area contributed by atoms with Gasteiger partial charge in [-0.05, 0) is 44.2 Å². The van der Waals surface area contributed by atoms with E-state index in [0.717, 1.165) is 5.69 Å². The van der Waals surface area contributed by atoms with Crippen molar-refractivity contribution in [1.29, 1.82) is 0 Å². The molecule has 5 nitrogen and oxygen atoms in total. The van der Waals surface area contributed by atoms with Crippen LogP contribution in [0.25, 0.3) is 5.69 Å². The van der Waals surface area contributed by atoms with Crippen LogP contribution in [0.1, 0.15) is 24.2 Å². The highest BCUT2D eigenvalue weighted by molar-refractivity contribution is 5.98. The number of aliphatic carboxylic acids is 1. The topological polar surface area (TPSA) is 71.3 Å². The first-order valence-corrected chi connectivity index (χ1v) is 6.19. The van der Waals surface area contributed by atoms with Crippen molar-refractivity contribution in [2.45, 2.75) is 19.4 Å². The molecule has 1 aromatic heterocycles. The average Bonchev–Trinajstić information content (AvgIpc) is 2.92. The molecule has 20 heavy (non-hydrogen) atoms. The van der Waals surface area contributed by atoms with E-state index in [1.54, 1.807) is 18.2 Å². The van der Waals surface area contributed by atoms with Gasteiger partial charge in [0.05, 0.1) is 0 Å². The number of amides is 1. The molecule has 0 saturated carbocycles. The molecule has 0 aliphatic carbocycles. The molecular weight excluding hydrogens is 256 g/mol. The zero-order valence-corrected chi connectivity index (χ0v) is 11.3. The van der Waals surface area contributed by atoms with Crippen LogP contribution in [-0.4, -0.2) is 27.1 Å². The largest absolute Gasteiger partial charge is 0.480 e. The summed E-state index contributed by atoms with van der Waals surface area (Å²) in [6.45, 7) is 2.89. The number of rotatable bonds is 4. The van der Waals surface area contributed by atoms with E-state index in [-0.39, 0.29) is 0 Å². The Morgan fingerprint density at radius 3 is 2.40 bits per heavy atom. The number of benzene rings is 1. The lowest BCUT2D eigenvalue weighted by atomic mass is 10.1. The van der Waals surface area contributed by atoms with Crippen molar-refractivity contribution in [2.24, 2.45) is 0 Å². The Morgan fingerprint density at radius 1 is 1.15 bits per heavy atom. The monoisotopic (exact) mass is 272 g/mol. The quantitative estimate of drug-likeness (QED) is 0.895. The number of hydrogen-bond donors (Lipinski definition) is 2. The van der Waals surface area contributed by atoms with Crippen LogP contribution in [0.4, 0.5) is 0 Å². The summed E-state index contributed by atoms with van der Waals surface area (Å²) in [6, 6.07) is 10.8. The van der Waals surface area contributed by atoms with Gasteiger partial charge in [0.15, 0.2) is 0 Å². The Bertz CT molecular complexity index is 630. The normalized spacial score (nSPS) is 11.1. The summed E-state index contributed by atoms with van der Waals surface area (Å²) in [5.74, 6) is -1.49. The second kappa shape index (κ2) is 5.21. The molecule has 0 spiro atoms. The summed E-state index contributed by atoms with van der Waals surface area (Å²) >= 11 is 0. The number of carbonyl (C=O) groups is 2. The molecule has 0 bridgehead atoms.